The van der Waals surface area contributed by atoms with Crippen molar-refractivity contribution in [3.05, 3.63) is 0 Å². The smallest absolute Gasteiger partial charge is 0.225 e. The number of rotatable bonds is 6. The van der Waals surface area contributed by atoms with Crippen LogP contribution in [0.25, 0.3) is 0 Å². The van der Waals surface area contributed by atoms with Gasteiger partial charge in [0.2, 0.25) is 5.91 Å². The van der Waals surface area contributed by atoms with Gasteiger partial charge in [-0.2, -0.15) is 0 Å². The Labute approximate surface area is 109 Å². The van der Waals surface area contributed by atoms with Crippen LogP contribution in [-0.2, 0) is 9.53 Å². The van der Waals surface area contributed by atoms with Gasteiger partial charge in [0, 0.05) is 26.6 Å². The summed E-state index contributed by atoms with van der Waals surface area (Å²) >= 11 is 0. The van der Waals surface area contributed by atoms with Crippen LogP contribution in [0.5, 0.6) is 0 Å². The number of carbonyl (C=O) groups is 1. The van der Waals surface area contributed by atoms with Gasteiger partial charge in [-0.1, -0.05) is 0 Å². The first kappa shape index (κ1) is 15.4. The average molecular weight is 258 g/mol. The number of amides is 1. The van der Waals surface area contributed by atoms with E-state index in [1.807, 2.05) is 0 Å². The molecular formula is C13H26N2O3. The Balaban J connectivity index is 2.35. The minimum absolute atomic E-state index is 0.104. The highest BCUT2D eigenvalue weighted by molar-refractivity contribution is 5.78. The van der Waals surface area contributed by atoms with Crippen molar-refractivity contribution in [3.8, 4) is 0 Å². The molecule has 0 heterocycles. The standard InChI is InChI=1S/C13H26N2O3/c1-15(8-12(16)9-18-2)13(17)11-5-3-10(7-14)4-6-11/h10-12,16H,3-9,14H2,1-2H3. The number of methoxy groups -OCH3 is 1. The summed E-state index contributed by atoms with van der Waals surface area (Å²) in [6.07, 6.45) is 3.32. The fourth-order valence-corrected chi connectivity index (χ4v) is 2.61. The maximum atomic E-state index is 12.2. The van der Waals surface area contributed by atoms with Crippen LogP contribution in [-0.4, -0.2) is 55.9 Å². The van der Waals surface area contributed by atoms with Crippen LogP contribution in [0, 0.1) is 11.8 Å². The van der Waals surface area contributed by atoms with Crippen molar-refractivity contribution >= 4 is 5.91 Å². The highest BCUT2D eigenvalue weighted by atomic mass is 16.5. The molecular weight excluding hydrogens is 232 g/mol. The molecule has 3 N–H and O–H groups in total. The zero-order valence-electron chi connectivity index (χ0n) is 11.5. The SMILES string of the molecule is COCC(O)CN(C)C(=O)C1CCC(CN)CC1. The minimum atomic E-state index is -0.607. The van der Waals surface area contributed by atoms with E-state index in [9.17, 15) is 9.90 Å². The Kier molecular flexibility index (Phi) is 6.60. The van der Waals surface area contributed by atoms with E-state index in [2.05, 4.69) is 0 Å². The summed E-state index contributed by atoms with van der Waals surface area (Å²) in [6.45, 7) is 1.32. The molecule has 5 nitrogen and oxygen atoms in total. The molecule has 0 aromatic rings. The Morgan fingerprint density at radius 1 is 1.44 bits per heavy atom. The highest BCUT2D eigenvalue weighted by Crippen LogP contribution is 2.29. The molecule has 1 saturated carbocycles. The summed E-state index contributed by atoms with van der Waals surface area (Å²) in [5.74, 6) is 0.826. The van der Waals surface area contributed by atoms with Crippen LogP contribution in [0.3, 0.4) is 0 Å². The van der Waals surface area contributed by atoms with Gasteiger partial charge in [-0.3, -0.25) is 4.79 Å². The number of hydrogen-bond donors (Lipinski definition) is 2. The van der Waals surface area contributed by atoms with Gasteiger partial charge in [0.1, 0.15) is 0 Å². The van der Waals surface area contributed by atoms with E-state index in [0.717, 1.165) is 32.2 Å². The van der Waals surface area contributed by atoms with Crippen molar-refractivity contribution in [3.63, 3.8) is 0 Å². The van der Waals surface area contributed by atoms with Crippen molar-refractivity contribution in [2.24, 2.45) is 17.6 Å². The number of aliphatic hydroxyl groups excluding tert-OH is 1. The summed E-state index contributed by atoms with van der Waals surface area (Å²) in [5.41, 5.74) is 5.64. The number of carbonyl (C=O) groups excluding carboxylic acids is 1. The monoisotopic (exact) mass is 258 g/mol. The molecule has 0 aliphatic heterocycles. The van der Waals surface area contributed by atoms with E-state index in [-0.39, 0.29) is 18.4 Å². The predicted molar refractivity (Wildman–Crippen MR) is 70.0 cm³/mol. The van der Waals surface area contributed by atoms with Gasteiger partial charge in [0.15, 0.2) is 0 Å². The van der Waals surface area contributed by atoms with Crippen LogP contribution in [0.4, 0.5) is 0 Å². The molecule has 1 aliphatic carbocycles. The van der Waals surface area contributed by atoms with Crippen molar-refractivity contribution in [2.75, 3.05) is 33.9 Å². The summed E-state index contributed by atoms with van der Waals surface area (Å²) < 4.78 is 4.86. The van der Waals surface area contributed by atoms with E-state index in [0.29, 0.717) is 12.5 Å². The summed E-state index contributed by atoms with van der Waals surface area (Å²) in [4.78, 5) is 13.8. The molecule has 0 radical (unpaired) electrons. The van der Waals surface area contributed by atoms with Crippen LogP contribution in [0.2, 0.25) is 0 Å². The molecule has 1 unspecified atom stereocenters. The summed E-state index contributed by atoms with van der Waals surface area (Å²) in [5, 5.41) is 9.61. The third-order valence-corrected chi connectivity index (χ3v) is 3.75. The van der Waals surface area contributed by atoms with Crippen molar-refractivity contribution in [1.29, 1.82) is 0 Å². The van der Waals surface area contributed by atoms with Crippen LogP contribution < -0.4 is 5.73 Å². The zero-order chi connectivity index (χ0) is 13.5. The average Bonchev–Trinajstić information content (AvgIpc) is 2.38. The third kappa shape index (κ3) is 4.55. The first-order chi connectivity index (χ1) is 8.58. The molecule has 0 spiro atoms. The van der Waals surface area contributed by atoms with Crippen molar-refractivity contribution in [2.45, 2.75) is 31.8 Å². The Bertz CT molecular complexity index is 253. The second-order valence-corrected chi connectivity index (χ2v) is 5.28. The highest BCUT2D eigenvalue weighted by Gasteiger charge is 2.28. The third-order valence-electron chi connectivity index (χ3n) is 3.75. The normalized spacial score (nSPS) is 25.8. The molecule has 0 aromatic carbocycles. The van der Waals surface area contributed by atoms with E-state index in [4.69, 9.17) is 10.5 Å². The number of nitrogens with zero attached hydrogens (tertiary/aromatic N) is 1. The van der Waals surface area contributed by atoms with Crippen LogP contribution in [0.1, 0.15) is 25.7 Å². The number of ether oxygens (including phenoxy) is 1. The molecule has 1 amide bonds. The first-order valence-electron chi connectivity index (χ1n) is 6.70. The molecule has 18 heavy (non-hydrogen) atoms. The Morgan fingerprint density at radius 3 is 2.56 bits per heavy atom. The lowest BCUT2D eigenvalue weighted by Crippen LogP contribution is -2.40. The van der Waals surface area contributed by atoms with Crippen LogP contribution >= 0.6 is 0 Å². The fraction of sp³-hybridized carbons (Fsp3) is 0.923. The molecule has 1 aliphatic rings. The lowest BCUT2D eigenvalue weighted by molar-refractivity contribution is -0.137. The zero-order valence-corrected chi connectivity index (χ0v) is 11.5. The number of aliphatic hydroxyl groups is 1. The molecule has 1 rings (SSSR count). The molecule has 1 fully saturated rings. The predicted octanol–water partition coefficient (Wildman–Crippen LogP) is 0.217. The lowest BCUT2D eigenvalue weighted by atomic mass is 9.81. The van der Waals surface area contributed by atoms with Gasteiger partial charge in [0.25, 0.3) is 0 Å². The quantitative estimate of drug-likeness (QED) is 0.714. The van der Waals surface area contributed by atoms with Crippen LogP contribution in [0.15, 0.2) is 0 Å². The topological polar surface area (TPSA) is 75.8 Å². The van der Waals surface area contributed by atoms with Gasteiger partial charge in [-0.25, -0.2) is 0 Å². The molecule has 5 heteroatoms. The van der Waals surface area contributed by atoms with E-state index < -0.39 is 6.10 Å². The maximum absolute atomic E-state index is 12.2. The summed E-state index contributed by atoms with van der Waals surface area (Å²) in [7, 11) is 3.29. The van der Waals surface area contributed by atoms with E-state index in [1.165, 1.54) is 0 Å². The van der Waals surface area contributed by atoms with E-state index >= 15 is 0 Å². The Hall–Kier alpha value is -0.650. The van der Waals surface area contributed by atoms with Gasteiger partial charge in [0.05, 0.1) is 12.7 Å². The van der Waals surface area contributed by atoms with Gasteiger partial charge in [-0.05, 0) is 38.1 Å². The van der Waals surface area contributed by atoms with Crippen molar-refractivity contribution in [1.82, 2.24) is 4.90 Å². The second-order valence-electron chi connectivity index (χ2n) is 5.28. The van der Waals surface area contributed by atoms with E-state index in [1.54, 1.807) is 19.1 Å². The second kappa shape index (κ2) is 7.71. The largest absolute Gasteiger partial charge is 0.389 e. The Morgan fingerprint density at radius 2 is 2.06 bits per heavy atom. The molecule has 1 atom stereocenters. The maximum Gasteiger partial charge on any atom is 0.225 e. The number of nitrogens with two attached hydrogens (primary N) is 1. The number of hydrogen-bond acceptors (Lipinski definition) is 4. The molecule has 0 aromatic heterocycles. The molecule has 0 bridgehead atoms. The van der Waals surface area contributed by atoms with Gasteiger partial charge < -0.3 is 20.5 Å². The molecule has 0 saturated heterocycles. The van der Waals surface area contributed by atoms with Gasteiger partial charge in [-0.15, -0.1) is 0 Å². The van der Waals surface area contributed by atoms with Crippen molar-refractivity contribution < 1.29 is 14.6 Å². The summed E-state index contributed by atoms with van der Waals surface area (Å²) in [6, 6.07) is 0. The minimum Gasteiger partial charge on any atom is -0.389 e. The first-order valence-corrected chi connectivity index (χ1v) is 6.70. The molecule has 106 valence electrons. The number of likely N-dealkylation sites (N-methyl/N-ethyl adjacent to an activating group) is 1. The lowest BCUT2D eigenvalue weighted by Gasteiger charge is -2.30. The van der Waals surface area contributed by atoms with Gasteiger partial charge >= 0.3 is 0 Å². The fourth-order valence-electron chi connectivity index (χ4n) is 2.61.